The van der Waals surface area contributed by atoms with Gasteiger partial charge in [-0.3, -0.25) is 19.1 Å². The van der Waals surface area contributed by atoms with Crippen molar-refractivity contribution in [1.29, 1.82) is 0 Å². The lowest BCUT2D eigenvalue weighted by Crippen LogP contribution is -2.38. The third-order valence-corrected chi connectivity index (χ3v) is 5.24. The van der Waals surface area contributed by atoms with Crippen molar-refractivity contribution in [3.63, 3.8) is 0 Å². The van der Waals surface area contributed by atoms with Gasteiger partial charge in [0.25, 0.3) is 11.5 Å². The molecule has 0 aliphatic carbocycles. The Balaban J connectivity index is 1.46. The highest BCUT2D eigenvalue weighted by Crippen LogP contribution is 2.27. The van der Waals surface area contributed by atoms with Crippen molar-refractivity contribution in [2.45, 2.75) is 26.7 Å². The quantitative estimate of drug-likeness (QED) is 0.339. The Morgan fingerprint density at radius 3 is 2.78 bits per heavy atom. The normalized spacial score (nSPS) is 12.3. The number of nitrogens with one attached hydrogen (secondary N) is 3. The molecule has 4 N–H and O–H groups in total. The van der Waals surface area contributed by atoms with Gasteiger partial charge < -0.3 is 20.1 Å². The molecule has 166 valence electrons. The lowest BCUT2D eigenvalue weighted by atomic mass is 10.1. The van der Waals surface area contributed by atoms with Crippen LogP contribution in [0.25, 0.3) is 21.8 Å². The van der Waals surface area contributed by atoms with Gasteiger partial charge in [-0.1, -0.05) is 18.2 Å². The number of aliphatic hydroxyl groups excluding tert-OH is 1. The van der Waals surface area contributed by atoms with Gasteiger partial charge in [-0.15, -0.1) is 0 Å². The molecular weight excluding hydrogens is 414 g/mol. The number of benzene rings is 1. The molecule has 0 spiro atoms. The highest BCUT2D eigenvalue weighted by molar-refractivity contribution is 6.10. The second-order valence-electron chi connectivity index (χ2n) is 7.54. The monoisotopic (exact) mass is 437 g/mol. The van der Waals surface area contributed by atoms with E-state index in [1.54, 1.807) is 13.0 Å². The summed E-state index contributed by atoms with van der Waals surface area (Å²) in [6, 6.07) is 9.54. The van der Waals surface area contributed by atoms with Crippen LogP contribution in [0.2, 0.25) is 0 Å². The number of rotatable bonds is 7. The van der Waals surface area contributed by atoms with Crippen LogP contribution in [0.3, 0.4) is 0 Å². The predicted molar refractivity (Wildman–Crippen MR) is 119 cm³/mol. The number of pyridine rings is 1. The van der Waals surface area contributed by atoms with E-state index in [2.05, 4.69) is 20.3 Å². The maximum Gasteiger partial charge on any atom is 0.330 e. The topological polar surface area (TPSA) is 142 Å². The van der Waals surface area contributed by atoms with Crippen LogP contribution >= 0.6 is 0 Å². The summed E-state index contributed by atoms with van der Waals surface area (Å²) in [5, 5.41) is 14.2. The fourth-order valence-electron chi connectivity index (χ4n) is 3.49. The number of carbonyl (C=O) groups excluding carboxylic acids is 1. The van der Waals surface area contributed by atoms with E-state index in [4.69, 9.17) is 4.74 Å². The summed E-state index contributed by atoms with van der Waals surface area (Å²) in [5.41, 5.74) is 2.07. The van der Waals surface area contributed by atoms with Crippen LogP contribution in [0.1, 0.15) is 21.7 Å². The number of amides is 1. The highest BCUT2D eigenvalue weighted by Gasteiger charge is 2.16. The van der Waals surface area contributed by atoms with E-state index in [1.165, 1.54) is 10.8 Å². The number of aromatic amines is 2. The third-order valence-electron chi connectivity index (χ3n) is 5.24. The molecule has 0 fully saturated rings. The Labute approximate surface area is 181 Å². The fourth-order valence-corrected chi connectivity index (χ4v) is 3.49. The molecule has 1 aromatic carbocycles. The summed E-state index contributed by atoms with van der Waals surface area (Å²) < 4.78 is 6.71. The van der Waals surface area contributed by atoms with Crippen LogP contribution < -0.4 is 16.6 Å². The first-order chi connectivity index (χ1) is 15.4. The minimum atomic E-state index is -0.754. The first kappa shape index (κ1) is 21.5. The van der Waals surface area contributed by atoms with Crippen molar-refractivity contribution in [1.82, 2.24) is 24.8 Å². The molecule has 3 aromatic heterocycles. The third kappa shape index (κ3) is 4.18. The molecular formula is C22H23N5O5. The molecule has 1 atom stereocenters. The van der Waals surface area contributed by atoms with Gasteiger partial charge in [0.1, 0.15) is 18.5 Å². The minimum absolute atomic E-state index is 0.0130. The number of nitrogens with zero attached hydrogens (tertiary/aromatic N) is 2. The van der Waals surface area contributed by atoms with E-state index in [-0.39, 0.29) is 25.6 Å². The van der Waals surface area contributed by atoms with E-state index >= 15 is 0 Å². The molecule has 10 nitrogen and oxygen atoms in total. The number of hydrogen-bond donors (Lipinski definition) is 4. The Morgan fingerprint density at radius 1 is 1.22 bits per heavy atom. The zero-order chi connectivity index (χ0) is 22.8. The predicted octanol–water partition coefficient (Wildman–Crippen LogP) is 0.948. The summed E-state index contributed by atoms with van der Waals surface area (Å²) in [7, 11) is 0. The minimum Gasteiger partial charge on any atom is -0.394 e. The number of fused-ring (bicyclic) bond motifs is 3. The first-order valence-corrected chi connectivity index (χ1v) is 10.1. The van der Waals surface area contributed by atoms with Crippen LogP contribution in [-0.2, 0) is 11.5 Å². The maximum atomic E-state index is 12.7. The molecule has 32 heavy (non-hydrogen) atoms. The average Bonchev–Trinajstić information content (AvgIpc) is 3.16. The van der Waals surface area contributed by atoms with Gasteiger partial charge in [-0.25, -0.2) is 9.78 Å². The van der Waals surface area contributed by atoms with Crippen LogP contribution in [-0.4, -0.2) is 49.8 Å². The Bertz CT molecular complexity index is 1420. The fraction of sp³-hybridized carbons (Fsp3) is 0.273. The van der Waals surface area contributed by atoms with E-state index in [0.717, 1.165) is 21.8 Å². The Hall–Kier alpha value is -3.76. The number of aliphatic hydroxyl groups is 1. The van der Waals surface area contributed by atoms with Crippen molar-refractivity contribution < 1.29 is 14.6 Å². The molecule has 0 aliphatic rings. The number of aromatic nitrogens is 4. The summed E-state index contributed by atoms with van der Waals surface area (Å²) >= 11 is 0. The van der Waals surface area contributed by atoms with Crippen LogP contribution in [0.5, 0.6) is 0 Å². The van der Waals surface area contributed by atoms with Crippen LogP contribution in [0.15, 0.2) is 46.1 Å². The van der Waals surface area contributed by atoms with Crippen molar-refractivity contribution in [2.75, 3.05) is 13.2 Å². The zero-order valence-electron chi connectivity index (χ0n) is 17.6. The number of H-pyrrole nitrogens is 2. The average molecular weight is 437 g/mol. The number of carbonyl (C=O) groups is 1. The first-order valence-electron chi connectivity index (χ1n) is 10.1. The Kier molecular flexibility index (Phi) is 5.89. The summed E-state index contributed by atoms with van der Waals surface area (Å²) in [5.74, 6) is -0.403. The summed E-state index contributed by atoms with van der Waals surface area (Å²) in [6.45, 7) is 2.86. The van der Waals surface area contributed by atoms with Gasteiger partial charge >= 0.3 is 5.69 Å². The molecule has 4 rings (SSSR count). The molecule has 0 saturated carbocycles. The second-order valence-corrected chi connectivity index (χ2v) is 7.54. The number of hydrogen-bond acceptors (Lipinski definition) is 6. The van der Waals surface area contributed by atoms with Crippen LogP contribution in [0.4, 0.5) is 0 Å². The van der Waals surface area contributed by atoms with Crippen molar-refractivity contribution >= 4 is 27.7 Å². The smallest absolute Gasteiger partial charge is 0.330 e. The van der Waals surface area contributed by atoms with E-state index in [1.807, 2.05) is 31.2 Å². The van der Waals surface area contributed by atoms with Crippen molar-refractivity contribution in [3.05, 3.63) is 74.3 Å². The summed E-state index contributed by atoms with van der Waals surface area (Å²) in [4.78, 5) is 45.9. The van der Waals surface area contributed by atoms with Gasteiger partial charge in [0, 0.05) is 34.6 Å². The van der Waals surface area contributed by atoms with Gasteiger partial charge in [0.05, 0.1) is 17.8 Å². The number of para-hydroxylation sites is 1. The Morgan fingerprint density at radius 2 is 2.00 bits per heavy atom. The lowest BCUT2D eigenvalue weighted by molar-refractivity contribution is -0.0235. The van der Waals surface area contributed by atoms with Gasteiger partial charge in [0.2, 0.25) is 0 Å². The molecule has 0 aliphatic heterocycles. The lowest BCUT2D eigenvalue weighted by Gasteiger charge is -2.17. The second kappa shape index (κ2) is 8.77. The molecule has 0 radical (unpaired) electrons. The van der Waals surface area contributed by atoms with E-state index in [9.17, 15) is 19.5 Å². The molecule has 1 unspecified atom stereocenters. The molecule has 0 bridgehead atoms. The standard InChI is InChI=1S/C22H23N5O5/c1-12-9-27(22(31)26-20(12)29)11-32-14(10-28)8-23-21(30)18-7-16-15-5-3-4-6-17(15)25-19(16)13(2)24-18/h3-7,9,14,25,28H,8,10-11H2,1-2H3,(H,23,30)(H,26,29,31). The number of ether oxygens (including phenoxy) is 1. The van der Waals surface area contributed by atoms with Gasteiger partial charge in [-0.2, -0.15) is 0 Å². The maximum absolute atomic E-state index is 12.7. The molecule has 0 saturated heterocycles. The van der Waals surface area contributed by atoms with E-state index in [0.29, 0.717) is 11.3 Å². The molecule has 1 amide bonds. The molecule has 3 heterocycles. The summed E-state index contributed by atoms with van der Waals surface area (Å²) in [6.07, 6.45) is 0.619. The van der Waals surface area contributed by atoms with Crippen molar-refractivity contribution in [2.24, 2.45) is 0 Å². The highest BCUT2D eigenvalue weighted by atomic mass is 16.5. The largest absolute Gasteiger partial charge is 0.394 e. The van der Waals surface area contributed by atoms with Gasteiger partial charge in [-0.05, 0) is 26.0 Å². The SMILES string of the molecule is Cc1cn(COC(CO)CNC(=O)c2cc3c([nH]c4ccccc43)c(C)n2)c(=O)[nH]c1=O. The number of aryl methyl sites for hydroxylation is 2. The van der Waals surface area contributed by atoms with E-state index < -0.39 is 23.3 Å². The van der Waals surface area contributed by atoms with Crippen LogP contribution in [0, 0.1) is 13.8 Å². The molecule has 4 aromatic rings. The van der Waals surface area contributed by atoms with Gasteiger partial charge in [0.15, 0.2) is 0 Å². The van der Waals surface area contributed by atoms with Crippen molar-refractivity contribution in [3.8, 4) is 0 Å². The zero-order valence-corrected chi connectivity index (χ0v) is 17.6. The molecule has 10 heteroatoms.